The molecule has 0 aromatic rings. The molecular weight excluding hydrogens is 304 g/mol. The van der Waals surface area contributed by atoms with Gasteiger partial charge in [-0.05, 0) is 37.5 Å². The van der Waals surface area contributed by atoms with E-state index < -0.39 is 12.1 Å². The molecule has 4 N–H and O–H groups in total. The lowest BCUT2D eigenvalue weighted by molar-refractivity contribution is -0.125. The summed E-state index contributed by atoms with van der Waals surface area (Å²) in [5.41, 5.74) is 6.03. The molecule has 4 atom stereocenters. The van der Waals surface area contributed by atoms with Crippen LogP contribution in [0.1, 0.15) is 71.6 Å². The highest BCUT2D eigenvalue weighted by molar-refractivity contribution is 5.81. The minimum absolute atomic E-state index is 0.137. The summed E-state index contributed by atoms with van der Waals surface area (Å²) in [7, 11) is 0. The second-order valence-corrected chi connectivity index (χ2v) is 8.13. The van der Waals surface area contributed by atoms with Crippen LogP contribution in [0.4, 0.5) is 0 Å². The van der Waals surface area contributed by atoms with Crippen molar-refractivity contribution in [2.45, 2.75) is 95.9 Å². The van der Waals surface area contributed by atoms with E-state index in [4.69, 9.17) is 10.5 Å². The van der Waals surface area contributed by atoms with E-state index in [0.29, 0.717) is 24.9 Å². The van der Waals surface area contributed by atoms with Gasteiger partial charge in [-0.3, -0.25) is 4.79 Å². The quantitative estimate of drug-likeness (QED) is 0.633. The fourth-order valence-electron chi connectivity index (χ4n) is 4.10. The molecule has 1 saturated carbocycles. The SMILES string of the molecule is CC(C)CC(N)C(=O)N[C@@H](CC1CCCCC1)[C@@H](O)[C@H]1CCCO1. The normalized spacial score (nSPS) is 26.3. The van der Waals surface area contributed by atoms with Gasteiger partial charge in [0.05, 0.1) is 18.2 Å². The van der Waals surface area contributed by atoms with Crippen molar-refractivity contribution in [1.29, 1.82) is 0 Å². The van der Waals surface area contributed by atoms with Gasteiger partial charge >= 0.3 is 0 Å². The number of hydrogen-bond acceptors (Lipinski definition) is 4. The zero-order chi connectivity index (χ0) is 17.5. The minimum atomic E-state index is -0.635. The molecule has 2 rings (SSSR count). The second kappa shape index (κ2) is 9.73. The van der Waals surface area contributed by atoms with Crippen molar-refractivity contribution in [3.05, 3.63) is 0 Å². The van der Waals surface area contributed by atoms with Crippen molar-refractivity contribution in [2.75, 3.05) is 6.61 Å². The maximum Gasteiger partial charge on any atom is 0.237 e. The Balaban J connectivity index is 1.96. The van der Waals surface area contributed by atoms with Crippen LogP contribution in [0.5, 0.6) is 0 Å². The van der Waals surface area contributed by atoms with Gasteiger partial charge in [0.1, 0.15) is 6.10 Å². The summed E-state index contributed by atoms with van der Waals surface area (Å²) in [6.45, 7) is 4.83. The van der Waals surface area contributed by atoms with Crippen LogP contribution in [0, 0.1) is 11.8 Å². The molecule has 1 unspecified atom stereocenters. The summed E-state index contributed by atoms with van der Waals surface area (Å²) in [6, 6.07) is -0.752. The Bertz CT molecular complexity index is 377. The number of amides is 1. The molecule has 0 bridgehead atoms. The van der Waals surface area contributed by atoms with E-state index in [9.17, 15) is 9.90 Å². The first-order valence-electron chi connectivity index (χ1n) is 9.83. The van der Waals surface area contributed by atoms with Gasteiger partial charge in [0.25, 0.3) is 0 Å². The van der Waals surface area contributed by atoms with E-state index in [1.165, 1.54) is 32.1 Å². The lowest BCUT2D eigenvalue weighted by atomic mass is 9.82. The summed E-state index contributed by atoms with van der Waals surface area (Å²) in [5, 5.41) is 13.8. The molecule has 0 radical (unpaired) electrons. The standard InChI is InChI=1S/C19H36N2O3/c1-13(2)11-15(20)19(23)21-16(12-14-7-4-3-5-8-14)18(22)17-9-6-10-24-17/h13-18,22H,3-12,20H2,1-2H3,(H,21,23)/t15?,16-,17+,18+/m0/s1. The largest absolute Gasteiger partial charge is 0.388 e. The van der Waals surface area contributed by atoms with Crippen LogP contribution in [0.3, 0.4) is 0 Å². The fraction of sp³-hybridized carbons (Fsp3) is 0.947. The van der Waals surface area contributed by atoms with Crippen LogP contribution in [0.2, 0.25) is 0 Å². The Kier molecular flexibility index (Phi) is 7.98. The molecule has 2 aliphatic rings. The number of nitrogens with one attached hydrogen (secondary N) is 1. The Hall–Kier alpha value is -0.650. The van der Waals surface area contributed by atoms with Crippen molar-refractivity contribution >= 4 is 5.91 Å². The van der Waals surface area contributed by atoms with Crippen LogP contribution in [-0.2, 0) is 9.53 Å². The van der Waals surface area contributed by atoms with Crippen LogP contribution in [-0.4, -0.2) is 41.9 Å². The average Bonchev–Trinajstić information content (AvgIpc) is 3.08. The number of hydrogen-bond donors (Lipinski definition) is 3. The number of aliphatic hydroxyl groups is 1. The van der Waals surface area contributed by atoms with Crippen molar-refractivity contribution in [3.8, 4) is 0 Å². The highest BCUT2D eigenvalue weighted by atomic mass is 16.5. The zero-order valence-electron chi connectivity index (χ0n) is 15.4. The number of rotatable bonds is 8. The molecule has 2 fully saturated rings. The van der Waals surface area contributed by atoms with Gasteiger partial charge in [-0.25, -0.2) is 0 Å². The van der Waals surface area contributed by atoms with E-state index >= 15 is 0 Å². The Labute approximate surface area is 146 Å². The molecule has 1 heterocycles. The van der Waals surface area contributed by atoms with E-state index in [1.54, 1.807) is 0 Å². The van der Waals surface area contributed by atoms with Gasteiger partial charge in [0.15, 0.2) is 0 Å². The summed E-state index contributed by atoms with van der Waals surface area (Å²) >= 11 is 0. The first-order chi connectivity index (χ1) is 11.5. The van der Waals surface area contributed by atoms with E-state index in [0.717, 1.165) is 19.3 Å². The Morgan fingerprint density at radius 1 is 1.21 bits per heavy atom. The smallest absolute Gasteiger partial charge is 0.237 e. The number of ether oxygens (including phenoxy) is 1. The molecule has 1 aliphatic heterocycles. The maximum atomic E-state index is 12.5. The van der Waals surface area contributed by atoms with Gasteiger partial charge in [0.2, 0.25) is 5.91 Å². The summed E-state index contributed by atoms with van der Waals surface area (Å²) in [5.74, 6) is 0.827. The number of carbonyl (C=O) groups is 1. The van der Waals surface area contributed by atoms with Crippen molar-refractivity contribution in [2.24, 2.45) is 17.6 Å². The molecule has 1 amide bonds. The predicted molar refractivity (Wildman–Crippen MR) is 95.5 cm³/mol. The first-order valence-corrected chi connectivity index (χ1v) is 9.83. The monoisotopic (exact) mass is 340 g/mol. The minimum Gasteiger partial charge on any atom is -0.388 e. The predicted octanol–water partition coefficient (Wildman–Crippen LogP) is 2.35. The average molecular weight is 341 g/mol. The van der Waals surface area contributed by atoms with Crippen LogP contribution in [0.15, 0.2) is 0 Å². The number of nitrogens with two attached hydrogens (primary N) is 1. The number of aliphatic hydroxyl groups excluding tert-OH is 1. The third-order valence-corrected chi connectivity index (χ3v) is 5.46. The molecule has 0 aromatic heterocycles. The summed E-state index contributed by atoms with van der Waals surface area (Å²) in [4.78, 5) is 12.5. The Morgan fingerprint density at radius 2 is 1.92 bits per heavy atom. The molecule has 1 saturated heterocycles. The van der Waals surface area contributed by atoms with E-state index in [2.05, 4.69) is 19.2 Å². The molecule has 0 spiro atoms. The third-order valence-electron chi connectivity index (χ3n) is 5.46. The number of carbonyl (C=O) groups excluding carboxylic acids is 1. The molecule has 5 nitrogen and oxygen atoms in total. The fourth-order valence-corrected chi connectivity index (χ4v) is 4.10. The highest BCUT2D eigenvalue weighted by Gasteiger charge is 2.34. The summed E-state index contributed by atoms with van der Waals surface area (Å²) < 4.78 is 5.66. The molecule has 0 aromatic carbocycles. The first kappa shape index (κ1) is 19.7. The Morgan fingerprint density at radius 3 is 2.50 bits per heavy atom. The molecule has 1 aliphatic carbocycles. The van der Waals surface area contributed by atoms with Crippen molar-refractivity contribution in [3.63, 3.8) is 0 Å². The highest BCUT2D eigenvalue weighted by Crippen LogP contribution is 2.29. The van der Waals surface area contributed by atoms with Crippen molar-refractivity contribution < 1.29 is 14.6 Å². The van der Waals surface area contributed by atoms with Gasteiger partial charge in [-0.1, -0.05) is 46.0 Å². The summed E-state index contributed by atoms with van der Waals surface area (Å²) in [6.07, 6.45) is 8.79. The van der Waals surface area contributed by atoms with E-state index in [1.807, 2.05) is 0 Å². The van der Waals surface area contributed by atoms with Gasteiger partial charge in [-0.15, -0.1) is 0 Å². The zero-order valence-corrected chi connectivity index (χ0v) is 15.4. The molecule has 5 heteroatoms. The van der Waals surface area contributed by atoms with Crippen LogP contribution >= 0.6 is 0 Å². The van der Waals surface area contributed by atoms with E-state index in [-0.39, 0.29) is 18.1 Å². The molecule has 140 valence electrons. The second-order valence-electron chi connectivity index (χ2n) is 8.13. The van der Waals surface area contributed by atoms with Crippen molar-refractivity contribution in [1.82, 2.24) is 5.32 Å². The molecule has 24 heavy (non-hydrogen) atoms. The lowest BCUT2D eigenvalue weighted by Crippen LogP contribution is -2.53. The van der Waals surface area contributed by atoms with Crippen LogP contribution in [0.25, 0.3) is 0 Å². The van der Waals surface area contributed by atoms with Crippen LogP contribution < -0.4 is 11.1 Å². The van der Waals surface area contributed by atoms with Gasteiger partial charge < -0.3 is 20.9 Å². The van der Waals surface area contributed by atoms with Gasteiger partial charge in [-0.2, -0.15) is 0 Å². The third kappa shape index (κ3) is 6.01. The molecular formula is C19H36N2O3. The van der Waals surface area contributed by atoms with Gasteiger partial charge in [0, 0.05) is 6.61 Å². The topological polar surface area (TPSA) is 84.6 Å². The lowest BCUT2D eigenvalue weighted by Gasteiger charge is -2.33. The maximum absolute atomic E-state index is 12.5.